The molecule has 0 radical (unpaired) electrons. The third-order valence-corrected chi connectivity index (χ3v) is 1.95. The number of hydrogen-bond donors (Lipinski definition) is 1. The van der Waals surface area contributed by atoms with Crippen LogP contribution in [-0.4, -0.2) is 49.5 Å². The summed E-state index contributed by atoms with van der Waals surface area (Å²) >= 11 is 0. The molecule has 0 aromatic heterocycles. The Hall–Kier alpha value is -0.120. The van der Waals surface area contributed by atoms with E-state index in [4.69, 9.17) is 4.74 Å². The number of aliphatic hydroxyl groups is 1. The molecule has 0 aliphatic carbocycles. The Morgan fingerprint density at radius 1 is 1.50 bits per heavy atom. The molecule has 0 saturated carbocycles. The van der Waals surface area contributed by atoms with E-state index >= 15 is 0 Å². The number of aliphatic hydroxyl groups excluding tert-OH is 1. The Morgan fingerprint density at radius 2 is 2.20 bits per heavy atom. The first-order valence-corrected chi connectivity index (χ1v) is 3.64. The first-order valence-electron chi connectivity index (χ1n) is 3.64. The van der Waals surface area contributed by atoms with Crippen LogP contribution in [0.2, 0.25) is 0 Å². The lowest BCUT2D eigenvalue weighted by Crippen LogP contribution is -2.46. The van der Waals surface area contributed by atoms with Crippen LogP contribution in [0.5, 0.6) is 0 Å². The Balaban J connectivity index is 2.40. The lowest BCUT2D eigenvalue weighted by atomic mass is 10.1. The van der Waals surface area contributed by atoms with E-state index in [1.54, 1.807) is 0 Å². The second-order valence-corrected chi connectivity index (χ2v) is 2.96. The van der Waals surface area contributed by atoms with Gasteiger partial charge in [-0.15, -0.1) is 0 Å². The van der Waals surface area contributed by atoms with Crippen LogP contribution in [-0.2, 0) is 4.74 Å². The monoisotopic (exact) mass is 145 g/mol. The van der Waals surface area contributed by atoms with Crippen LogP contribution < -0.4 is 0 Å². The summed E-state index contributed by atoms with van der Waals surface area (Å²) in [4.78, 5) is 2.00. The number of ether oxygens (including phenoxy) is 1. The Morgan fingerprint density at radius 3 is 2.60 bits per heavy atom. The average molecular weight is 145 g/mol. The molecule has 10 heavy (non-hydrogen) atoms. The van der Waals surface area contributed by atoms with Gasteiger partial charge in [-0.1, -0.05) is 0 Å². The van der Waals surface area contributed by atoms with Gasteiger partial charge in [-0.25, -0.2) is 0 Å². The first-order chi connectivity index (χ1) is 4.72. The summed E-state index contributed by atoms with van der Waals surface area (Å²) in [6, 6.07) is 0.189. The minimum atomic E-state index is -0.205. The fourth-order valence-corrected chi connectivity index (χ4v) is 1.20. The molecule has 1 saturated heterocycles. The standard InChI is InChI=1S/C7H15NO2/c1-8(2)6-5-10-4-3-7(6)9/h6-7,9H,3-5H2,1-2H3. The highest BCUT2D eigenvalue weighted by Gasteiger charge is 2.24. The maximum Gasteiger partial charge on any atom is 0.0739 e. The van der Waals surface area contributed by atoms with Crippen molar-refractivity contribution in [2.24, 2.45) is 0 Å². The average Bonchev–Trinajstić information content (AvgIpc) is 1.88. The lowest BCUT2D eigenvalue weighted by molar-refractivity contribution is -0.0475. The van der Waals surface area contributed by atoms with E-state index in [2.05, 4.69) is 0 Å². The third-order valence-electron chi connectivity index (χ3n) is 1.95. The van der Waals surface area contributed by atoms with Crippen LogP contribution in [0.1, 0.15) is 6.42 Å². The fraction of sp³-hybridized carbons (Fsp3) is 1.00. The molecule has 1 heterocycles. The SMILES string of the molecule is CN(C)C1COCCC1O. The molecule has 2 atom stereocenters. The topological polar surface area (TPSA) is 32.7 Å². The zero-order valence-electron chi connectivity index (χ0n) is 6.58. The van der Waals surface area contributed by atoms with Gasteiger partial charge in [0, 0.05) is 6.61 Å². The summed E-state index contributed by atoms with van der Waals surface area (Å²) in [5.41, 5.74) is 0. The molecule has 1 N–H and O–H groups in total. The van der Waals surface area contributed by atoms with Crippen molar-refractivity contribution in [2.75, 3.05) is 27.3 Å². The van der Waals surface area contributed by atoms with Gasteiger partial charge < -0.3 is 14.7 Å². The van der Waals surface area contributed by atoms with Gasteiger partial charge >= 0.3 is 0 Å². The van der Waals surface area contributed by atoms with E-state index < -0.39 is 0 Å². The quantitative estimate of drug-likeness (QED) is 0.550. The molecule has 3 heteroatoms. The molecule has 1 rings (SSSR count). The van der Waals surface area contributed by atoms with Gasteiger partial charge in [0.2, 0.25) is 0 Å². The van der Waals surface area contributed by atoms with E-state index in [1.807, 2.05) is 19.0 Å². The molecule has 3 nitrogen and oxygen atoms in total. The van der Waals surface area contributed by atoms with Gasteiger partial charge in [-0.05, 0) is 20.5 Å². The first kappa shape index (κ1) is 7.98. The van der Waals surface area contributed by atoms with Crippen molar-refractivity contribution in [3.63, 3.8) is 0 Å². The van der Waals surface area contributed by atoms with E-state index in [0.717, 1.165) is 6.42 Å². The molecule has 0 bridgehead atoms. The van der Waals surface area contributed by atoms with Crippen molar-refractivity contribution in [2.45, 2.75) is 18.6 Å². The van der Waals surface area contributed by atoms with Gasteiger partial charge in [0.05, 0.1) is 18.8 Å². The summed E-state index contributed by atoms with van der Waals surface area (Å²) in [6.07, 6.45) is 0.562. The molecule has 0 aromatic carbocycles. The molecule has 1 fully saturated rings. The van der Waals surface area contributed by atoms with E-state index in [1.165, 1.54) is 0 Å². The number of hydrogen-bond acceptors (Lipinski definition) is 3. The van der Waals surface area contributed by atoms with E-state index in [0.29, 0.717) is 13.2 Å². The molecule has 1 aliphatic rings. The van der Waals surface area contributed by atoms with Crippen molar-refractivity contribution in [3.8, 4) is 0 Å². The van der Waals surface area contributed by atoms with Gasteiger partial charge in [-0.3, -0.25) is 0 Å². The Kier molecular flexibility index (Phi) is 2.65. The molecule has 2 unspecified atom stereocenters. The zero-order chi connectivity index (χ0) is 7.56. The van der Waals surface area contributed by atoms with Crippen molar-refractivity contribution in [3.05, 3.63) is 0 Å². The lowest BCUT2D eigenvalue weighted by Gasteiger charge is -2.32. The molecule has 1 aliphatic heterocycles. The van der Waals surface area contributed by atoms with Crippen molar-refractivity contribution < 1.29 is 9.84 Å². The molecular weight excluding hydrogens is 130 g/mol. The zero-order valence-corrected chi connectivity index (χ0v) is 6.58. The molecular formula is C7H15NO2. The van der Waals surface area contributed by atoms with Crippen LogP contribution in [0.3, 0.4) is 0 Å². The summed E-state index contributed by atoms with van der Waals surface area (Å²) in [6.45, 7) is 1.36. The minimum Gasteiger partial charge on any atom is -0.391 e. The van der Waals surface area contributed by atoms with E-state index in [-0.39, 0.29) is 12.1 Å². The largest absolute Gasteiger partial charge is 0.391 e. The minimum absolute atomic E-state index is 0.189. The number of nitrogens with zero attached hydrogens (tertiary/aromatic N) is 1. The van der Waals surface area contributed by atoms with Crippen LogP contribution in [0.25, 0.3) is 0 Å². The normalized spacial score (nSPS) is 34.8. The number of rotatable bonds is 1. The Bertz CT molecular complexity index is 106. The van der Waals surface area contributed by atoms with Crippen LogP contribution >= 0.6 is 0 Å². The van der Waals surface area contributed by atoms with Gasteiger partial charge in [-0.2, -0.15) is 0 Å². The summed E-state index contributed by atoms with van der Waals surface area (Å²) in [5.74, 6) is 0. The smallest absolute Gasteiger partial charge is 0.0739 e. The maximum absolute atomic E-state index is 9.42. The number of likely N-dealkylation sites (N-methyl/N-ethyl adjacent to an activating group) is 1. The second kappa shape index (κ2) is 3.32. The predicted molar refractivity (Wildman–Crippen MR) is 38.9 cm³/mol. The highest BCUT2D eigenvalue weighted by atomic mass is 16.5. The summed E-state index contributed by atoms with van der Waals surface area (Å²) in [7, 11) is 3.92. The second-order valence-electron chi connectivity index (χ2n) is 2.96. The highest BCUT2D eigenvalue weighted by molar-refractivity contribution is 4.78. The van der Waals surface area contributed by atoms with Crippen LogP contribution in [0.15, 0.2) is 0 Å². The van der Waals surface area contributed by atoms with Gasteiger partial charge in [0.15, 0.2) is 0 Å². The highest BCUT2D eigenvalue weighted by Crippen LogP contribution is 2.10. The third kappa shape index (κ3) is 1.68. The summed E-state index contributed by atoms with van der Waals surface area (Å²) in [5, 5.41) is 9.42. The van der Waals surface area contributed by atoms with Crippen molar-refractivity contribution >= 4 is 0 Å². The summed E-state index contributed by atoms with van der Waals surface area (Å²) < 4.78 is 5.21. The van der Waals surface area contributed by atoms with Gasteiger partial charge in [0.25, 0.3) is 0 Å². The van der Waals surface area contributed by atoms with Gasteiger partial charge in [0.1, 0.15) is 0 Å². The predicted octanol–water partition coefficient (Wildman–Crippen LogP) is -0.302. The van der Waals surface area contributed by atoms with Crippen molar-refractivity contribution in [1.29, 1.82) is 0 Å². The molecule has 0 amide bonds. The van der Waals surface area contributed by atoms with E-state index in [9.17, 15) is 5.11 Å². The van der Waals surface area contributed by atoms with Crippen molar-refractivity contribution in [1.82, 2.24) is 4.90 Å². The molecule has 0 aromatic rings. The maximum atomic E-state index is 9.42. The van der Waals surface area contributed by atoms with Crippen LogP contribution in [0.4, 0.5) is 0 Å². The fourth-order valence-electron chi connectivity index (χ4n) is 1.20. The molecule has 0 spiro atoms. The van der Waals surface area contributed by atoms with Crippen LogP contribution in [0, 0.1) is 0 Å². The molecule has 60 valence electrons. The Labute approximate surface area is 61.6 Å².